The van der Waals surface area contributed by atoms with Crippen molar-refractivity contribution in [3.63, 3.8) is 0 Å². The number of aromatic nitrogens is 2. The van der Waals surface area contributed by atoms with E-state index in [1.54, 1.807) is 46.9 Å². The predicted octanol–water partition coefficient (Wildman–Crippen LogP) is 4.58. The Morgan fingerprint density at radius 3 is 2.55 bits per heavy atom. The normalized spacial score (nSPS) is 11.0. The fourth-order valence-corrected chi connectivity index (χ4v) is 4.35. The molecule has 0 amide bonds. The first-order chi connectivity index (χ1) is 15.2. The molecule has 4 aromatic heterocycles. The molecule has 5 rings (SSSR count). The smallest absolute Gasteiger partial charge is 0.250 e. The average Bonchev–Trinajstić information content (AvgIpc) is 3.56. The van der Waals surface area contributed by atoms with Crippen LogP contribution in [0.3, 0.4) is 0 Å². The van der Waals surface area contributed by atoms with E-state index in [2.05, 4.69) is 4.98 Å². The predicted molar refractivity (Wildman–Crippen MR) is 115 cm³/mol. The summed E-state index contributed by atoms with van der Waals surface area (Å²) in [6, 6.07) is 10.8. The molecule has 0 saturated heterocycles. The molecule has 0 unspecified atom stereocenters. The summed E-state index contributed by atoms with van der Waals surface area (Å²) in [6.07, 6.45) is 1.32. The van der Waals surface area contributed by atoms with Gasteiger partial charge in [-0.2, -0.15) is 22.7 Å². The first-order valence-corrected chi connectivity index (χ1v) is 11.0. The summed E-state index contributed by atoms with van der Waals surface area (Å²) >= 11 is 3.16. The highest BCUT2D eigenvalue weighted by molar-refractivity contribution is 7.08. The number of carbonyl (C=O) groups is 1. The molecule has 0 aliphatic rings. The molecule has 0 saturated carbocycles. The lowest BCUT2D eigenvalue weighted by atomic mass is 10.1. The maximum atomic E-state index is 10.7. The first kappa shape index (κ1) is 19.3. The zero-order valence-corrected chi connectivity index (χ0v) is 17.4. The van der Waals surface area contributed by atoms with E-state index in [0.29, 0.717) is 34.4 Å². The molecule has 0 aliphatic carbocycles. The van der Waals surface area contributed by atoms with Crippen LogP contribution in [-0.2, 0) is 4.79 Å². The van der Waals surface area contributed by atoms with Gasteiger partial charge in [0.2, 0.25) is 5.89 Å². The van der Waals surface area contributed by atoms with Gasteiger partial charge in [-0.3, -0.25) is 0 Å². The van der Waals surface area contributed by atoms with Crippen molar-refractivity contribution in [3.8, 4) is 51.2 Å². The van der Waals surface area contributed by atoms with Crippen LogP contribution in [0.25, 0.3) is 45.5 Å². The van der Waals surface area contributed by atoms with Gasteiger partial charge >= 0.3 is 0 Å². The van der Waals surface area contributed by atoms with Crippen LogP contribution in [-0.4, -0.2) is 22.5 Å². The lowest BCUT2D eigenvalue weighted by molar-refractivity contribution is -0.307. The summed E-state index contributed by atoms with van der Waals surface area (Å²) in [5, 5.41) is 18.7. The average molecular weight is 449 g/mol. The van der Waals surface area contributed by atoms with Crippen LogP contribution >= 0.6 is 22.7 Å². The molecular weight excluding hydrogens is 436 g/mol. The number of aliphatic carboxylic acids is 1. The molecule has 0 aliphatic heterocycles. The molecule has 0 radical (unpaired) electrons. The molecule has 0 N–H and O–H groups in total. The standard InChI is InChI=1S/C22H14N2O5S2/c25-17(26)9-27-16-3-1-2-13(8-16)20-19(23-12-28-20)22-24-18(14-4-6-30-10-14)21(29-22)15-5-7-31-11-15/h1-8,10-12H,9H2,(H,25,26)/p-1. The van der Waals surface area contributed by atoms with E-state index in [0.717, 1.165) is 16.8 Å². The van der Waals surface area contributed by atoms with Gasteiger partial charge in [0, 0.05) is 27.5 Å². The Kier molecular flexibility index (Phi) is 5.11. The molecule has 0 fully saturated rings. The quantitative estimate of drug-likeness (QED) is 0.358. The minimum atomic E-state index is -1.30. The molecular formula is C22H13N2O5S2-. The van der Waals surface area contributed by atoms with Gasteiger partial charge < -0.3 is 23.5 Å². The molecule has 0 spiro atoms. The molecule has 4 heterocycles. The number of nitrogens with zero attached hydrogens (tertiary/aromatic N) is 2. The summed E-state index contributed by atoms with van der Waals surface area (Å²) in [4.78, 5) is 19.7. The van der Waals surface area contributed by atoms with Gasteiger partial charge in [0.1, 0.15) is 18.1 Å². The molecule has 1 aromatic carbocycles. The van der Waals surface area contributed by atoms with Crippen LogP contribution in [0.1, 0.15) is 0 Å². The highest BCUT2D eigenvalue weighted by atomic mass is 32.1. The highest BCUT2D eigenvalue weighted by Crippen LogP contribution is 2.40. The maximum absolute atomic E-state index is 10.7. The number of hydrogen-bond acceptors (Lipinski definition) is 9. The second kappa shape index (κ2) is 8.21. The van der Waals surface area contributed by atoms with Crippen molar-refractivity contribution in [2.45, 2.75) is 0 Å². The number of ether oxygens (including phenoxy) is 1. The number of hydrogen-bond donors (Lipinski definition) is 0. The Balaban J connectivity index is 1.57. The zero-order chi connectivity index (χ0) is 21.2. The van der Waals surface area contributed by atoms with Crippen molar-refractivity contribution in [3.05, 3.63) is 64.3 Å². The third-order valence-electron chi connectivity index (χ3n) is 4.43. The van der Waals surface area contributed by atoms with E-state index in [-0.39, 0.29) is 0 Å². The summed E-state index contributed by atoms with van der Waals surface area (Å²) in [6.45, 7) is -0.541. The molecule has 0 bridgehead atoms. The molecule has 154 valence electrons. The number of oxazole rings is 2. The van der Waals surface area contributed by atoms with Crippen LogP contribution in [0.5, 0.6) is 5.75 Å². The van der Waals surface area contributed by atoms with Gasteiger partial charge in [0.05, 0.1) is 5.97 Å². The van der Waals surface area contributed by atoms with Crippen LogP contribution in [0.4, 0.5) is 0 Å². The fourth-order valence-electron chi connectivity index (χ4n) is 3.08. The van der Waals surface area contributed by atoms with Crippen molar-refractivity contribution in [1.29, 1.82) is 0 Å². The minimum Gasteiger partial charge on any atom is -0.546 e. The Bertz CT molecular complexity index is 1270. The number of thiophene rings is 2. The summed E-state index contributed by atoms with van der Waals surface area (Å²) in [7, 11) is 0. The number of benzene rings is 1. The van der Waals surface area contributed by atoms with Crippen molar-refractivity contribution < 1.29 is 23.5 Å². The molecule has 31 heavy (non-hydrogen) atoms. The van der Waals surface area contributed by atoms with Crippen molar-refractivity contribution in [2.24, 2.45) is 0 Å². The number of carboxylic acid groups (broad SMARTS) is 1. The van der Waals surface area contributed by atoms with Crippen LogP contribution in [0, 0.1) is 0 Å². The molecule has 5 aromatic rings. The number of carboxylic acids is 1. The first-order valence-electron chi connectivity index (χ1n) is 9.12. The lowest BCUT2D eigenvalue weighted by Gasteiger charge is -2.07. The highest BCUT2D eigenvalue weighted by Gasteiger charge is 2.23. The van der Waals surface area contributed by atoms with Crippen molar-refractivity contribution in [2.75, 3.05) is 6.61 Å². The van der Waals surface area contributed by atoms with E-state index < -0.39 is 12.6 Å². The SMILES string of the molecule is O=C([O-])COc1cccc(-c2ocnc2-c2nc(-c3ccsc3)c(-c3ccsc3)o2)c1. The summed E-state index contributed by atoms with van der Waals surface area (Å²) in [5.74, 6) is 0.498. The van der Waals surface area contributed by atoms with Crippen LogP contribution < -0.4 is 9.84 Å². The van der Waals surface area contributed by atoms with Gasteiger partial charge in [-0.1, -0.05) is 12.1 Å². The molecule has 9 heteroatoms. The van der Waals surface area contributed by atoms with Gasteiger partial charge in [-0.25, -0.2) is 9.97 Å². The third-order valence-corrected chi connectivity index (χ3v) is 5.79. The third kappa shape index (κ3) is 3.88. The summed E-state index contributed by atoms with van der Waals surface area (Å²) < 4.78 is 17.0. The topological polar surface area (TPSA) is 101 Å². The Labute approximate surface area is 184 Å². The molecule has 0 atom stereocenters. The monoisotopic (exact) mass is 449 g/mol. The fraction of sp³-hybridized carbons (Fsp3) is 0.0455. The Morgan fingerprint density at radius 2 is 1.81 bits per heavy atom. The van der Waals surface area contributed by atoms with Crippen molar-refractivity contribution >= 4 is 28.6 Å². The Hall–Kier alpha value is -3.69. The minimum absolute atomic E-state index is 0.326. The van der Waals surface area contributed by atoms with Gasteiger partial charge in [0.15, 0.2) is 23.6 Å². The van der Waals surface area contributed by atoms with Crippen LogP contribution in [0.15, 0.2) is 73.1 Å². The maximum Gasteiger partial charge on any atom is 0.250 e. The zero-order valence-electron chi connectivity index (χ0n) is 15.8. The summed E-state index contributed by atoms with van der Waals surface area (Å²) in [5.41, 5.74) is 3.72. The second-order valence-corrected chi connectivity index (χ2v) is 8.00. The van der Waals surface area contributed by atoms with E-state index in [1.807, 2.05) is 33.7 Å². The van der Waals surface area contributed by atoms with Gasteiger partial charge in [0.25, 0.3) is 0 Å². The van der Waals surface area contributed by atoms with Crippen molar-refractivity contribution in [1.82, 2.24) is 9.97 Å². The van der Waals surface area contributed by atoms with Crippen LogP contribution in [0.2, 0.25) is 0 Å². The number of rotatable bonds is 7. The largest absolute Gasteiger partial charge is 0.546 e. The lowest BCUT2D eigenvalue weighted by Crippen LogP contribution is -2.28. The van der Waals surface area contributed by atoms with Gasteiger partial charge in [-0.05, 0) is 35.0 Å². The van der Waals surface area contributed by atoms with Gasteiger partial charge in [-0.15, -0.1) is 0 Å². The van der Waals surface area contributed by atoms with E-state index >= 15 is 0 Å². The van der Waals surface area contributed by atoms with E-state index in [9.17, 15) is 9.90 Å². The molecule has 7 nitrogen and oxygen atoms in total. The van der Waals surface area contributed by atoms with E-state index in [1.165, 1.54) is 6.39 Å². The van der Waals surface area contributed by atoms with E-state index in [4.69, 9.17) is 18.6 Å². The Morgan fingerprint density at radius 1 is 1.00 bits per heavy atom. The second-order valence-electron chi connectivity index (χ2n) is 6.44. The number of carbonyl (C=O) groups excluding carboxylic acids is 1.